The van der Waals surface area contributed by atoms with Gasteiger partial charge in [0.05, 0.1) is 10.6 Å². The van der Waals surface area contributed by atoms with Crippen LogP contribution in [0.4, 0.5) is 5.69 Å². The molecule has 0 spiro atoms. The Morgan fingerprint density at radius 3 is 2.76 bits per heavy atom. The lowest BCUT2D eigenvalue weighted by Gasteiger charge is -2.32. The van der Waals surface area contributed by atoms with E-state index in [0.717, 1.165) is 12.0 Å². The van der Waals surface area contributed by atoms with Gasteiger partial charge in [-0.3, -0.25) is 10.1 Å². The zero-order valence-corrected chi connectivity index (χ0v) is 9.80. The van der Waals surface area contributed by atoms with Crippen molar-refractivity contribution in [1.82, 2.24) is 0 Å². The van der Waals surface area contributed by atoms with Gasteiger partial charge in [0.15, 0.2) is 0 Å². The molecular formula is C12H14N2O3. The fraction of sp³-hybridized carbons (Fsp3) is 0.417. The predicted octanol–water partition coefficient (Wildman–Crippen LogP) is 2.84. The summed E-state index contributed by atoms with van der Waals surface area (Å²) in [6.45, 7) is 4.18. The van der Waals surface area contributed by atoms with Crippen LogP contribution in [-0.4, -0.2) is 15.8 Å². The zero-order valence-electron chi connectivity index (χ0n) is 9.80. The summed E-state index contributed by atoms with van der Waals surface area (Å²) in [6, 6.07) is 4.75. The minimum atomic E-state index is -0.434. The van der Waals surface area contributed by atoms with E-state index in [2.05, 4.69) is 19.0 Å². The van der Waals surface area contributed by atoms with Crippen LogP contribution in [0.2, 0.25) is 0 Å². The van der Waals surface area contributed by atoms with Crippen molar-refractivity contribution in [2.75, 3.05) is 0 Å². The third-order valence-electron chi connectivity index (χ3n) is 3.36. The molecule has 0 aliphatic heterocycles. The van der Waals surface area contributed by atoms with Crippen LogP contribution in [0.15, 0.2) is 23.4 Å². The van der Waals surface area contributed by atoms with E-state index < -0.39 is 4.92 Å². The number of rotatable bonds is 1. The fourth-order valence-corrected chi connectivity index (χ4v) is 2.28. The van der Waals surface area contributed by atoms with Crippen molar-refractivity contribution in [3.8, 4) is 0 Å². The number of hydrogen-bond donors (Lipinski definition) is 1. The highest BCUT2D eigenvalue weighted by molar-refractivity contribution is 6.03. The number of hydrogen-bond acceptors (Lipinski definition) is 4. The predicted molar refractivity (Wildman–Crippen MR) is 63.7 cm³/mol. The van der Waals surface area contributed by atoms with Gasteiger partial charge in [0.25, 0.3) is 5.69 Å². The van der Waals surface area contributed by atoms with E-state index in [1.807, 2.05) is 0 Å². The van der Waals surface area contributed by atoms with Crippen LogP contribution in [-0.2, 0) is 5.41 Å². The van der Waals surface area contributed by atoms with Gasteiger partial charge in [-0.2, -0.15) is 0 Å². The summed E-state index contributed by atoms with van der Waals surface area (Å²) in [6.07, 6.45) is 1.51. The van der Waals surface area contributed by atoms with Gasteiger partial charge < -0.3 is 5.21 Å². The average molecular weight is 234 g/mol. The minimum absolute atomic E-state index is 0.0302. The van der Waals surface area contributed by atoms with Gasteiger partial charge in [-0.05, 0) is 23.8 Å². The average Bonchev–Trinajstić information content (AvgIpc) is 2.28. The van der Waals surface area contributed by atoms with Crippen LogP contribution in [0.25, 0.3) is 0 Å². The van der Waals surface area contributed by atoms with Gasteiger partial charge in [0.1, 0.15) is 0 Å². The number of oxime groups is 1. The van der Waals surface area contributed by atoms with Crippen LogP contribution >= 0.6 is 0 Å². The first-order chi connectivity index (χ1) is 7.95. The highest BCUT2D eigenvalue weighted by atomic mass is 16.6. The number of fused-ring (bicyclic) bond motifs is 1. The Bertz CT molecular complexity index is 506. The maximum absolute atomic E-state index is 10.7. The molecule has 90 valence electrons. The van der Waals surface area contributed by atoms with Crippen LogP contribution in [0.1, 0.15) is 37.8 Å². The Balaban J connectivity index is 2.63. The molecule has 0 radical (unpaired) electrons. The quantitative estimate of drug-likeness (QED) is 0.461. The minimum Gasteiger partial charge on any atom is -0.411 e. The summed E-state index contributed by atoms with van der Waals surface area (Å²) in [5.41, 5.74) is 2.21. The van der Waals surface area contributed by atoms with Crippen LogP contribution in [0, 0.1) is 10.1 Å². The first kappa shape index (κ1) is 11.6. The number of nitrogens with zero attached hydrogens (tertiary/aromatic N) is 2. The standard InChI is InChI=1S/C12H14N2O3/c1-12(2)6-5-11(13-15)9-7-8(14(16)17)3-4-10(9)12/h3-4,7,15H,5-6H2,1-2H3/b13-11+. The lowest BCUT2D eigenvalue weighted by molar-refractivity contribution is -0.384. The fourth-order valence-electron chi connectivity index (χ4n) is 2.28. The van der Waals surface area contributed by atoms with E-state index in [0.29, 0.717) is 17.7 Å². The zero-order chi connectivity index (χ0) is 12.6. The Hall–Kier alpha value is -1.91. The largest absolute Gasteiger partial charge is 0.411 e. The molecule has 0 aromatic heterocycles. The van der Waals surface area contributed by atoms with E-state index in [1.54, 1.807) is 6.07 Å². The third kappa shape index (κ3) is 1.88. The summed E-state index contributed by atoms with van der Waals surface area (Å²) < 4.78 is 0. The molecular weight excluding hydrogens is 220 g/mol. The summed E-state index contributed by atoms with van der Waals surface area (Å²) in [5.74, 6) is 0. The summed E-state index contributed by atoms with van der Waals surface area (Å²) >= 11 is 0. The molecule has 0 unspecified atom stereocenters. The number of benzene rings is 1. The van der Waals surface area contributed by atoms with Crippen LogP contribution in [0.3, 0.4) is 0 Å². The molecule has 1 N–H and O–H groups in total. The first-order valence-electron chi connectivity index (χ1n) is 5.46. The molecule has 0 saturated carbocycles. The van der Waals surface area contributed by atoms with Crippen molar-refractivity contribution in [2.45, 2.75) is 32.1 Å². The van der Waals surface area contributed by atoms with Crippen LogP contribution in [0.5, 0.6) is 0 Å². The third-order valence-corrected chi connectivity index (χ3v) is 3.36. The monoisotopic (exact) mass is 234 g/mol. The highest BCUT2D eigenvalue weighted by Crippen LogP contribution is 2.38. The summed E-state index contributed by atoms with van der Waals surface area (Å²) in [4.78, 5) is 10.3. The molecule has 2 rings (SSSR count). The normalized spacial score (nSPS) is 20.0. The topological polar surface area (TPSA) is 75.7 Å². The van der Waals surface area contributed by atoms with Gasteiger partial charge in [0.2, 0.25) is 0 Å². The number of non-ortho nitro benzene ring substituents is 1. The summed E-state index contributed by atoms with van der Waals surface area (Å²) in [5, 5.41) is 23.0. The van der Waals surface area contributed by atoms with Crippen molar-refractivity contribution in [3.63, 3.8) is 0 Å². The van der Waals surface area contributed by atoms with Gasteiger partial charge in [-0.15, -0.1) is 0 Å². The van der Waals surface area contributed by atoms with Gasteiger partial charge in [-0.1, -0.05) is 25.1 Å². The molecule has 1 aliphatic carbocycles. The van der Waals surface area contributed by atoms with E-state index in [1.165, 1.54) is 12.1 Å². The molecule has 0 saturated heterocycles. The molecule has 0 bridgehead atoms. The van der Waals surface area contributed by atoms with Crippen molar-refractivity contribution in [1.29, 1.82) is 0 Å². The SMILES string of the molecule is CC1(C)CC/C(=N\O)c2cc([N+](=O)[O-])ccc21. The Labute approximate surface area is 98.9 Å². The Kier molecular flexibility index (Phi) is 2.61. The molecule has 1 aromatic carbocycles. The Morgan fingerprint density at radius 1 is 1.47 bits per heavy atom. The van der Waals surface area contributed by atoms with E-state index >= 15 is 0 Å². The maximum Gasteiger partial charge on any atom is 0.270 e. The van der Waals surface area contributed by atoms with Crippen molar-refractivity contribution in [2.24, 2.45) is 5.16 Å². The number of nitro groups is 1. The van der Waals surface area contributed by atoms with Crippen molar-refractivity contribution >= 4 is 11.4 Å². The maximum atomic E-state index is 10.7. The van der Waals surface area contributed by atoms with Crippen molar-refractivity contribution < 1.29 is 10.1 Å². The number of nitro benzene ring substituents is 1. The molecule has 0 heterocycles. The molecule has 0 atom stereocenters. The van der Waals surface area contributed by atoms with Gasteiger partial charge >= 0.3 is 0 Å². The lowest BCUT2D eigenvalue weighted by Crippen LogP contribution is -2.27. The molecule has 0 amide bonds. The van der Waals surface area contributed by atoms with Crippen molar-refractivity contribution in [3.05, 3.63) is 39.4 Å². The molecule has 17 heavy (non-hydrogen) atoms. The molecule has 5 nitrogen and oxygen atoms in total. The Morgan fingerprint density at radius 2 is 2.18 bits per heavy atom. The first-order valence-corrected chi connectivity index (χ1v) is 5.46. The second-order valence-electron chi connectivity index (χ2n) is 4.92. The molecule has 5 heteroatoms. The lowest BCUT2D eigenvalue weighted by atomic mass is 9.72. The molecule has 1 aliphatic rings. The molecule has 1 aromatic rings. The smallest absolute Gasteiger partial charge is 0.270 e. The van der Waals surface area contributed by atoms with E-state index in [9.17, 15) is 10.1 Å². The van der Waals surface area contributed by atoms with E-state index in [-0.39, 0.29) is 11.1 Å². The second kappa shape index (κ2) is 3.84. The second-order valence-corrected chi connectivity index (χ2v) is 4.92. The van der Waals surface area contributed by atoms with Crippen LogP contribution < -0.4 is 0 Å². The summed E-state index contributed by atoms with van der Waals surface area (Å²) in [7, 11) is 0. The highest BCUT2D eigenvalue weighted by Gasteiger charge is 2.32. The van der Waals surface area contributed by atoms with Gasteiger partial charge in [-0.25, -0.2) is 0 Å². The van der Waals surface area contributed by atoms with Gasteiger partial charge in [0, 0.05) is 17.7 Å². The van der Waals surface area contributed by atoms with E-state index in [4.69, 9.17) is 5.21 Å². The molecule has 0 fully saturated rings.